The van der Waals surface area contributed by atoms with Crippen molar-refractivity contribution in [2.45, 2.75) is 97.2 Å². The maximum absolute atomic E-state index is 14.2. The molecule has 1 aliphatic carbocycles. The fourth-order valence-corrected chi connectivity index (χ4v) is 5.76. The third kappa shape index (κ3) is 8.03. The van der Waals surface area contributed by atoms with Crippen LogP contribution in [0.25, 0.3) is 10.8 Å². The number of hydrogen-bond acceptors (Lipinski definition) is 7. The first-order valence-corrected chi connectivity index (χ1v) is 15.6. The minimum absolute atomic E-state index is 0.129. The third-order valence-electron chi connectivity index (χ3n) is 8.21. The van der Waals surface area contributed by atoms with E-state index in [0.29, 0.717) is 6.42 Å². The summed E-state index contributed by atoms with van der Waals surface area (Å²) in [4.78, 5) is 55.3. The predicted molar refractivity (Wildman–Crippen MR) is 171 cm³/mol. The number of nitrogens with one attached hydrogen (secondary N) is 2. The number of esters is 1. The fraction of sp³-hybridized carbons (Fsp3) is 0.543. The molecule has 0 bridgehead atoms. The molecule has 244 valence electrons. The highest BCUT2D eigenvalue weighted by atomic mass is 16.6. The molecule has 1 saturated carbocycles. The van der Waals surface area contributed by atoms with Crippen LogP contribution in [0.3, 0.4) is 0 Å². The molecular formula is C35H47N3O7. The molecule has 2 fully saturated rings. The number of ether oxygens (including phenoxy) is 3. The zero-order valence-corrected chi connectivity index (χ0v) is 27.5. The van der Waals surface area contributed by atoms with Gasteiger partial charge in [-0.1, -0.05) is 63.2 Å². The van der Waals surface area contributed by atoms with Gasteiger partial charge in [-0.05, 0) is 61.9 Å². The van der Waals surface area contributed by atoms with Gasteiger partial charge in [0.1, 0.15) is 23.2 Å². The van der Waals surface area contributed by atoms with Crippen LogP contribution in [0.5, 0.6) is 0 Å². The molecule has 2 N–H and O–H groups in total. The van der Waals surface area contributed by atoms with Gasteiger partial charge in [0, 0.05) is 18.9 Å². The number of nitrogens with zero attached hydrogens (tertiary/aromatic N) is 1. The van der Waals surface area contributed by atoms with Crippen LogP contribution in [-0.2, 0) is 35.2 Å². The molecule has 4 rings (SSSR count). The number of carbonyl (C=O) groups excluding carboxylic acids is 4. The van der Waals surface area contributed by atoms with Crippen molar-refractivity contribution < 1.29 is 33.4 Å². The first kappa shape index (κ1) is 34.0. The Labute approximate surface area is 265 Å². The van der Waals surface area contributed by atoms with Crippen molar-refractivity contribution in [1.29, 1.82) is 0 Å². The minimum Gasteiger partial charge on any atom is -0.464 e. The van der Waals surface area contributed by atoms with Crippen molar-refractivity contribution in [3.05, 3.63) is 60.7 Å². The van der Waals surface area contributed by atoms with Crippen molar-refractivity contribution in [3.8, 4) is 0 Å². The quantitative estimate of drug-likeness (QED) is 0.286. The van der Waals surface area contributed by atoms with Crippen LogP contribution >= 0.6 is 0 Å². The molecule has 2 aromatic rings. The maximum atomic E-state index is 14.2. The lowest BCUT2D eigenvalue weighted by atomic mass is 9.85. The van der Waals surface area contributed by atoms with Crippen LogP contribution in [0, 0.1) is 11.3 Å². The Morgan fingerprint density at radius 3 is 2.36 bits per heavy atom. The van der Waals surface area contributed by atoms with E-state index in [0.717, 1.165) is 16.3 Å². The molecule has 2 aliphatic rings. The average molecular weight is 622 g/mol. The van der Waals surface area contributed by atoms with E-state index in [1.165, 1.54) is 4.90 Å². The summed E-state index contributed by atoms with van der Waals surface area (Å²) in [6.07, 6.45) is 1.02. The molecule has 3 amide bonds. The van der Waals surface area contributed by atoms with Crippen molar-refractivity contribution in [3.63, 3.8) is 0 Å². The number of carbonyl (C=O) groups is 4. The zero-order valence-electron chi connectivity index (χ0n) is 27.5. The van der Waals surface area contributed by atoms with Crippen LogP contribution in [0.2, 0.25) is 0 Å². The van der Waals surface area contributed by atoms with Crippen LogP contribution in [0.4, 0.5) is 4.79 Å². The lowest BCUT2D eigenvalue weighted by Gasteiger charge is -2.36. The first-order chi connectivity index (χ1) is 21.1. The zero-order chi connectivity index (χ0) is 33.2. The van der Waals surface area contributed by atoms with Gasteiger partial charge in [-0.2, -0.15) is 0 Å². The van der Waals surface area contributed by atoms with Gasteiger partial charge >= 0.3 is 12.1 Å². The van der Waals surface area contributed by atoms with Crippen molar-refractivity contribution in [1.82, 2.24) is 15.5 Å². The molecular weight excluding hydrogens is 574 g/mol. The van der Waals surface area contributed by atoms with E-state index in [1.54, 1.807) is 33.8 Å². The Balaban J connectivity index is 1.58. The van der Waals surface area contributed by atoms with Gasteiger partial charge in [-0.25, -0.2) is 9.59 Å². The highest BCUT2D eigenvalue weighted by Crippen LogP contribution is 2.45. The Morgan fingerprint density at radius 1 is 1.07 bits per heavy atom. The Morgan fingerprint density at radius 2 is 1.76 bits per heavy atom. The van der Waals surface area contributed by atoms with E-state index in [2.05, 4.69) is 23.3 Å². The second kappa shape index (κ2) is 13.2. The minimum atomic E-state index is -1.22. The van der Waals surface area contributed by atoms with Crippen LogP contribution in [0.15, 0.2) is 55.1 Å². The van der Waals surface area contributed by atoms with E-state index in [9.17, 15) is 19.2 Å². The van der Waals surface area contributed by atoms with Crippen molar-refractivity contribution in [2.24, 2.45) is 11.3 Å². The number of likely N-dealkylation sites (tertiary alicyclic amines) is 1. The molecule has 2 aromatic carbocycles. The van der Waals surface area contributed by atoms with Gasteiger partial charge in [-0.15, -0.1) is 6.58 Å². The Kier molecular flexibility index (Phi) is 9.97. The van der Waals surface area contributed by atoms with E-state index in [4.69, 9.17) is 14.2 Å². The van der Waals surface area contributed by atoms with E-state index >= 15 is 0 Å². The number of hydrogen-bond donors (Lipinski definition) is 2. The largest absolute Gasteiger partial charge is 0.464 e. The molecule has 1 heterocycles. The van der Waals surface area contributed by atoms with Crippen LogP contribution in [-0.4, -0.2) is 71.3 Å². The SMILES string of the molecule is C=C[C@@H]1C[C@]1(NC(=O)[C@@H]1C[C@@H](OCc2ccc3ccccc3c2)CN1C(=O)[C@@H](NC(=O)OC(C)(C)C)C(C)(C)C)C(=O)OCC. The highest BCUT2D eigenvalue weighted by Gasteiger charge is 2.62. The van der Waals surface area contributed by atoms with E-state index < -0.39 is 58.6 Å². The number of benzene rings is 2. The topological polar surface area (TPSA) is 123 Å². The number of fused-ring (bicyclic) bond motifs is 1. The summed E-state index contributed by atoms with van der Waals surface area (Å²) >= 11 is 0. The van der Waals surface area contributed by atoms with E-state index in [-0.39, 0.29) is 32.1 Å². The summed E-state index contributed by atoms with van der Waals surface area (Å²) in [5.41, 5.74) is -1.73. The van der Waals surface area contributed by atoms with Gasteiger partial charge in [-0.3, -0.25) is 9.59 Å². The molecule has 1 aliphatic heterocycles. The summed E-state index contributed by atoms with van der Waals surface area (Å²) in [6, 6.07) is 12.2. The summed E-state index contributed by atoms with van der Waals surface area (Å²) in [6.45, 7) is 16.8. The first-order valence-electron chi connectivity index (χ1n) is 15.6. The number of alkyl carbamates (subject to hydrolysis) is 1. The van der Waals surface area contributed by atoms with Gasteiger partial charge in [0.2, 0.25) is 11.8 Å². The molecule has 45 heavy (non-hydrogen) atoms. The smallest absolute Gasteiger partial charge is 0.408 e. The molecule has 10 heteroatoms. The monoisotopic (exact) mass is 621 g/mol. The summed E-state index contributed by atoms with van der Waals surface area (Å²) in [5, 5.41) is 7.85. The predicted octanol–water partition coefficient (Wildman–Crippen LogP) is 4.89. The fourth-order valence-electron chi connectivity index (χ4n) is 5.76. The molecule has 0 spiro atoms. The van der Waals surface area contributed by atoms with Crippen molar-refractivity contribution in [2.75, 3.05) is 13.2 Å². The second-order valence-electron chi connectivity index (χ2n) is 14.0. The van der Waals surface area contributed by atoms with Gasteiger partial charge < -0.3 is 29.7 Å². The standard InChI is InChI=1S/C35H47N3O7/c1-9-25-19-35(25,31(41)43-10-2)37-29(39)27-18-26(44-21-22-15-16-23-13-11-12-14-24(23)17-22)20-38(27)30(40)28(33(3,4)5)36-32(42)45-34(6,7)8/h9,11-17,25-28H,1,10,18-21H2,2-8H3,(H,36,42)(H,37,39)/t25-,26-,27+,28-,35-/m1/s1. The molecule has 0 unspecified atom stereocenters. The third-order valence-corrected chi connectivity index (χ3v) is 8.21. The Hall–Kier alpha value is -3.92. The van der Waals surface area contributed by atoms with Crippen LogP contribution < -0.4 is 10.6 Å². The van der Waals surface area contributed by atoms with Gasteiger partial charge in [0.25, 0.3) is 0 Å². The molecule has 1 saturated heterocycles. The summed E-state index contributed by atoms with van der Waals surface area (Å²) in [7, 11) is 0. The molecule has 10 nitrogen and oxygen atoms in total. The number of rotatable bonds is 10. The summed E-state index contributed by atoms with van der Waals surface area (Å²) in [5.74, 6) is -1.72. The lowest BCUT2D eigenvalue weighted by molar-refractivity contribution is -0.150. The van der Waals surface area contributed by atoms with Crippen LogP contribution in [0.1, 0.15) is 66.9 Å². The van der Waals surface area contributed by atoms with Gasteiger partial charge in [0.15, 0.2) is 0 Å². The lowest BCUT2D eigenvalue weighted by Crippen LogP contribution is -2.59. The molecule has 0 aromatic heterocycles. The maximum Gasteiger partial charge on any atom is 0.408 e. The Bertz CT molecular complexity index is 1440. The molecule has 5 atom stereocenters. The second-order valence-corrected chi connectivity index (χ2v) is 14.0. The highest BCUT2D eigenvalue weighted by molar-refractivity contribution is 5.96. The van der Waals surface area contributed by atoms with E-state index in [1.807, 2.05) is 57.2 Å². The van der Waals surface area contributed by atoms with Crippen molar-refractivity contribution >= 4 is 34.6 Å². The summed E-state index contributed by atoms with van der Waals surface area (Å²) < 4.78 is 17.0. The van der Waals surface area contributed by atoms with Gasteiger partial charge in [0.05, 0.1) is 19.3 Å². The molecule has 0 radical (unpaired) electrons. The normalized spacial score (nSPS) is 23.6. The average Bonchev–Trinajstić information content (AvgIpc) is 3.50. The number of amides is 3.